The number of benzene rings is 3. The number of nitrogens with zero attached hydrogens (tertiary/aromatic N) is 4. The van der Waals surface area contributed by atoms with Gasteiger partial charge in [0.2, 0.25) is 0 Å². The first-order valence-corrected chi connectivity index (χ1v) is 12.5. The lowest BCUT2D eigenvalue weighted by Gasteiger charge is -2.12. The molecule has 0 atom stereocenters. The molecule has 0 aliphatic carbocycles. The van der Waals surface area contributed by atoms with Gasteiger partial charge in [-0.15, -0.1) is 10.2 Å². The average molecular weight is 487 g/mol. The molecule has 0 saturated heterocycles. The Kier molecular flexibility index (Phi) is 6.99. The molecule has 0 fully saturated rings. The Labute approximate surface area is 207 Å². The summed E-state index contributed by atoms with van der Waals surface area (Å²) in [5, 5.41) is 9.90. The van der Waals surface area contributed by atoms with Crippen LogP contribution >= 0.6 is 11.8 Å². The van der Waals surface area contributed by atoms with E-state index in [1.165, 1.54) is 5.56 Å². The highest BCUT2D eigenvalue weighted by Crippen LogP contribution is 2.31. The summed E-state index contributed by atoms with van der Waals surface area (Å²) in [6, 6.07) is 25.8. The van der Waals surface area contributed by atoms with Crippen LogP contribution in [0.15, 0.2) is 93.2 Å². The molecular formula is C27H26N4O3S. The number of aromatic nitrogens is 4. The predicted molar refractivity (Wildman–Crippen MR) is 138 cm³/mol. The van der Waals surface area contributed by atoms with Gasteiger partial charge < -0.3 is 13.7 Å². The lowest BCUT2D eigenvalue weighted by atomic mass is 10.1. The Bertz CT molecular complexity index is 1470. The minimum atomic E-state index is -0.319. The van der Waals surface area contributed by atoms with Crippen molar-refractivity contribution in [2.75, 3.05) is 12.9 Å². The number of hydrogen-bond donors (Lipinski definition) is 0. The molecule has 7 nitrogen and oxygen atoms in total. The van der Waals surface area contributed by atoms with Gasteiger partial charge in [0, 0.05) is 18.8 Å². The maximum atomic E-state index is 12.2. The molecular weight excluding hydrogens is 460 g/mol. The van der Waals surface area contributed by atoms with Crippen molar-refractivity contribution < 1.29 is 9.15 Å². The molecule has 0 spiro atoms. The molecule has 0 amide bonds. The fourth-order valence-electron chi connectivity index (χ4n) is 4.12. The van der Waals surface area contributed by atoms with E-state index in [0.717, 1.165) is 52.9 Å². The van der Waals surface area contributed by atoms with Crippen LogP contribution in [-0.4, -0.2) is 32.2 Å². The van der Waals surface area contributed by atoms with Crippen LogP contribution in [0.2, 0.25) is 0 Å². The SMILES string of the molecule is COc1ccccc1-c1nnc(SCCCn2c(=O)oc3ccccc32)n1CCc1ccccc1. The lowest BCUT2D eigenvalue weighted by Crippen LogP contribution is -2.14. The Morgan fingerprint density at radius 1 is 0.886 bits per heavy atom. The molecule has 5 rings (SSSR count). The van der Waals surface area contributed by atoms with Crippen LogP contribution < -0.4 is 10.5 Å². The van der Waals surface area contributed by atoms with E-state index in [2.05, 4.69) is 39.0 Å². The first kappa shape index (κ1) is 23.0. The smallest absolute Gasteiger partial charge is 0.419 e. The second-order valence-corrected chi connectivity index (χ2v) is 9.15. The molecule has 0 aliphatic rings. The zero-order chi connectivity index (χ0) is 24.0. The molecule has 178 valence electrons. The maximum absolute atomic E-state index is 12.2. The molecule has 0 radical (unpaired) electrons. The van der Waals surface area contributed by atoms with Crippen LogP contribution in [0.4, 0.5) is 0 Å². The van der Waals surface area contributed by atoms with Crippen molar-refractivity contribution in [3.8, 4) is 17.1 Å². The van der Waals surface area contributed by atoms with Crippen LogP contribution in [0.3, 0.4) is 0 Å². The second-order valence-electron chi connectivity index (χ2n) is 8.08. The van der Waals surface area contributed by atoms with Crippen molar-refractivity contribution in [2.45, 2.75) is 31.1 Å². The lowest BCUT2D eigenvalue weighted by molar-refractivity contribution is 0.415. The maximum Gasteiger partial charge on any atom is 0.419 e. The van der Waals surface area contributed by atoms with E-state index >= 15 is 0 Å². The van der Waals surface area contributed by atoms with Gasteiger partial charge in [-0.05, 0) is 42.7 Å². The van der Waals surface area contributed by atoms with Crippen LogP contribution in [0.5, 0.6) is 5.75 Å². The quantitative estimate of drug-likeness (QED) is 0.197. The first-order valence-electron chi connectivity index (χ1n) is 11.6. The summed E-state index contributed by atoms with van der Waals surface area (Å²) in [6.07, 6.45) is 1.66. The van der Waals surface area contributed by atoms with Crippen LogP contribution in [0.1, 0.15) is 12.0 Å². The van der Waals surface area contributed by atoms with Crippen molar-refractivity contribution >= 4 is 22.9 Å². The van der Waals surface area contributed by atoms with Crippen LogP contribution in [-0.2, 0) is 19.5 Å². The normalized spacial score (nSPS) is 11.2. The van der Waals surface area contributed by atoms with Crippen LogP contribution in [0, 0.1) is 0 Å². The molecule has 0 unspecified atom stereocenters. The zero-order valence-electron chi connectivity index (χ0n) is 19.5. The Morgan fingerprint density at radius 2 is 1.66 bits per heavy atom. The Hall–Kier alpha value is -3.78. The second kappa shape index (κ2) is 10.7. The molecule has 0 bridgehead atoms. The third-order valence-electron chi connectivity index (χ3n) is 5.86. The van der Waals surface area contributed by atoms with Crippen molar-refractivity contribution in [1.82, 2.24) is 19.3 Å². The van der Waals surface area contributed by atoms with Gasteiger partial charge in [0.15, 0.2) is 16.6 Å². The highest BCUT2D eigenvalue weighted by atomic mass is 32.2. The number of oxazole rings is 1. The molecule has 35 heavy (non-hydrogen) atoms. The van der Waals surface area contributed by atoms with Gasteiger partial charge in [0.25, 0.3) is 0 Å². The van der Waals surface area contributed by atoms with Crippen molar-refractivity contribution in [3.05, 3.63) is 95.0 Å². The van der Waals surface area contributed by atoms with Gasteiger partial charge in [0.05, 0.1) is 18.2 Å². The molecule has 2 heterocycles. The average Bonchev–Trinajstić information content (AvgIpc) is 3.45. The zero-order valence-corrected chi connectivity index (χ0v) is 20.3. The predicted octanol–water partition coefficient (Wildman–Crippen LogP) is 5.29. The van der Waals surface area contributed by atoms with Gasteiger partial charge in [-0.3, -0.25) is 4.57 Å². The molecule has 0 aliphatic heterocycles. The van der Waals surface area contributed by atoms with Gasteiger partial charge in [0.1, 0.15) is 5.75 Å². The minimum absolute atomic E-state index is 0.319. The number of fused-ring (bicyclic) bond motifs is 1. The van der Waals surface area contributed by atoms with Gasteiger partial charge in [-0.25, -0.2) is 4.79 Å². The summed E-state index contributed by atoms with van der Waals surface area (Å²) in [5.41, 5.74) is 3.62. The summed E-state index contributed by atoms with van der Waals surface area (Å²) in [5.74, 6) is 2.03. The summed E-state index contributed by atoms with van der Waals surface area (Å²) in [7, 11) is 1.67. The summed E-state index contributed by atoms with van der Waals surface area (Å²) >= 11 is 1.65. The molecule has 5 aromatic rings. The Morgan fingerprint density at radius 3 is 2.51 bits per heavy atom. The number of methoxy groups -OCH3 is 1. The number of ether oxygens (including phenoxy) is 1. The molecule has 8 heteroatoms. The number of aryl methyl sites for hydroxylation is 2. The van der Waals surface area contributed by atoms with E-state index in [1.807, 2.05) is 54.6 Å². The van der Waals surface area contributed by atoms with E-state index in [-0.39, 0.29) is 5.76 Å². The van der Waals surface area contributed by atoms with E-state index < -0.39 is 0 Å². The van der Waals surface area contributed by atoms with Crippen molar-refractivity contribution in [1.29, 1.82) is 0 Å². The van der Waals surface area contributed by atoms with Gasteiger partial charge >= 0.3 is 5.76 Å². The molecule has 3 aromatic carbocycles. The first-order chi connectivity index (χ1) is 17.2. The number of thioether (sulfide) groups is 1. The highest BCUT2D eigenvalue weighted by molar-refractivity contribution is 7.99. The standard InChI is InChI=1S/C27H26N4O3S/c1-33-23-14-7-5-12-21(23)25-28-29-26(31(25)18-16-20-10-3-2-4-11-20)35-19-9-17-30-22-13-6-8-15-24(22)34-27(30)32/h2-8,10-15H,9,16-19H2,1H3. The molecule has 0 N–H and O–H groups in total. The molecule has 2 aromatic heterocycles. The van der Waals surface area contributed by atoms with Crippen LogP contribution in [0.25, 0.3) is 22.5 Å². The largest absolute Gasteiger partial charge is 0.496 e. The highest BCUT2D eigenvalue weighted by Gasteiger charge is 2.17. The third-order valence-corrected chi connectivity index (χ3v) is 6.92. The van der Waals surface area contributed by atoms with E-state index in [4.69, 9.17) is 9.15 Å². The Balaban J connectivity index is 1.34. The van der Waals surface area contributed by atoms with Crippen molar-refractivity contribution in [2.24, 2.45) is 0 Å². The van der Waals surface area contributed by atoms with E-state index in [0.29, 0.717) is 12.1 Å². The minimum Gasteiger partial charge on any atom is -0.496 e. The topological polar surface area (TPSA) is 75.1 Å². The number of rotatable bonds is 10. The number of para-hydroxylation sites is 3. The fourth-order valence-corrected chi connectivity index (χ4v) is 5.01. The van der Waals surface area contributed by atoms with E-state index in [9.17, 15) is 4.79 Å². The summed E-state index contributed by atoms with van der Waals surface area (Å²) < 4.78 is 14.8. The van der Waals surface area contributed by atoms with Gasteiger partial charge in [-0.2, -0.15) is 0 Å². The summed E-state index contributed by atoms with van der Waals surface area (Å²) in [6.45, 7) is 1.33. The monoisotopic (exact) mass is 486 g/mol. The van der Waals surface area contributed by atoms with E-state index in [1.54, 1.807) is 23.4 Å². The number of hydrogen-bond acceptors (Lipinski definition) is 6. The van der Waals surface area contributed by atoms with Gasteiger partial charge in [-0.1, -0.05) is 66.4 Å². The summed E-state index contributed by atoms with van der Waals surface area (Å²) in [4.78, 5) is 12.2. The molecule has 0 saturated carbocycles. The van der Waals surface area contributed by atoms with Crippen molar-refractivity contribution in [3.63, 3.8) is 0 Å². The fraction of sp³-hybridized carbons (Fsp3) is 0.222. The third kappa shape index (κ3) is 5.02.